The SMILES string of the molecule is CN(C)C(=O)CNc1noc(-c2ccccc2)n1. The summed E-state index contributed by atoms with van der Waals surface area (Å²) in [5, 5.41) is 6.56. The quantitative estimate of drug-likeness (QED) is 0.878. The summed E-state index contributed by atoms with van der Waals surface area (Å²) in [6.07, 6.45) is 0. The van der Waals surface area contributed by atoms with Crippen molar-refractivity contribution in [3.05, 3.63) is 30.3 Å². The topological polar surface area (TPSA) is 71.3 Å². The zero-order valence-corrected chi connectivity index (χ0v) is 10.3. The van der Waals surface area contributed by atoms with E-state index in [2.05, 4.69) is 15.5 Å². The Balaban J connectivity index is 2.01. The number of carbonyl (C=O) groups is 1. The van der Waals surface area contributed by atoms with Crippen LogP contribution in [-0.2, 0) is 4.79 Å². The third kappa shape index (κ3) is 2.85. The number of aromatic nitrogens is 2. The number of amides is 1. The highest BCUT2D eigenvalue weighted by molar-refractivity contribution is 5.79. The lowest BCUT2D eigenvalue weighted by atomic mass is 10.2. The fourth-order valence-corrected chi connectivity index (χ4v) is 1.31. The molecule has 6 heteroatoms. The zero-order valence-electron chi connectivity index (χ0n) is 10.3. The largest absolute Gasteiger partial charge is 0.347 e. The summed E-state index contributed by atoms with van der Waals surface area (Å²) in [6.45, 7) is 0.140. The van der Waals surface area contributed by atoms with Crippen LogP contribution in [0, 0.1) is 0 Å². The first-order valence-electron chi connectivity index (χ1n) is 5.50. The van der Waals surface area contributed by atoms with Gasteiger partial charge in [0.05, 0.1) is 6.54 Å². The van der Waals surface area contributed by atoms with Crippen molar-refractivity contribution in [2.24, 2.45) is 0 Å². The molecule has 6 nitrogen and oxygen atoms in total. The molecule has 1 aromatic carbocycles. The van der Waals surface area contributed by atoms with Crippen LogP contribution in [0.5, 0.6) is 0 Å². The van der Waals surface area contributed by atoms with Crippen LogP contribution in [-0.4, -0.2) is 41.6 Å². The Kier molecular flexibility index (Phi) is 3.57. The molecule has 0 aliphatic heterocycles. The summed E-state index contributed by atoms with van der Waals surface area (Å²) in [7, 11) is 3.38. The molecule has 18 heavy (non-hydrogen) atoms. The van der Waals surface area contributed by atoms with Crippen molar-refractivity contribution in [3.63, 3.8) is 0 Å². The van der Waals surface area contributed by atoms with Gasteiger partial charge in [0.2, 0.25) is 5.91 Å². The van der Waals surface area contributed by atoms with Gasteiger partial charge in [-0.05, 0) is 17.3 Å². The molecule has 0 bridgehead atoms. The predicted octanol–water partition coefficient (Wildman–Crippen LogP) is 1.24. The molecule has 2 aromatic rings. The van der Waals surface area contributed by atoms with E-state index in [0.29, 0.717) is 11.8 Å². The van der Waals surface area contributed by atoms with Crippen molar-refractivity contribution >= 4 is 11.9 Å². The summed E-state index contributed by atoms with van der Waals surface area (Å²) in [6, 6.07) is 9.45. The zero-order chi connectivity index (χ0) is 13.0. The predicted molar refractivity (Wildman–Crippen MR) is 66.9 cm³/mol. The fourth-order valence-electron chi connectivity index (χ4n) is 1.31. The Labute approximate surface area is 105 Å². The molecule has 1 aromatic heterocycles. The molecule has 0 aliphatic carbocycles. The molecule has 0 radical (unpaired) electrons. The molecule has 1 heterocycles. The average Bonchev–Trinajstić information content (AvgIpc) is 2.85. The molecule has 1 amide bonds. The number of nitrogens with zero attached hydrogens (tertiary/aromatic N) is 3. The molecule has 0 saturated heterocycles. The van der Waals surface area contributed by atoms with E-state index in [-0.39, 0.29) is 12.5 Å². The van der Waals surface area contributed by atoms with Gasteiger partial charge in [-0.1, -0.05) is 18.2 Å². The second-order valence-electron chi connectivity index (χ2n) is 3.93. The maximum absolute atomic E-state index is 11.4. The lowest BCUT2D eigenvalue weighted by molar-refractivity contribution is -0.126. The smallest absolute Gasteiger partial charge is 0.264 e. The number of likely N-dealkylation sites (N-methyl/N-ethyl adjacent to an activating group) is 1. The van der Waals surface area contributed by atoms with Gasteiger partial charge in [0.25, 0.3) is 11.8 Å². The molecule has 94 valence electrons. The molecular weight excluding hydrogens is 232 g/mol. The third-order valence-corrected chi connectivity index (χ3v) is 2.34. The van der Waals surface area contributed by atoms with Gasteiger partial charge in [-0.25, -0.2) is 0 Å². The lowest BCUT2D eigenvalue weighted by Crippen LogP contribution is -2.28. The van der Waals surface area contributed by atoms with Crippen LogP contribution in [0.1, 0.15) is 0 Å². The van der Waals surface area contributed by atoms with E-state index in [1.54, 1.807) is 14.1 Å². The number of benzene rings is 1. The standard InChI is InChI=1S/C12H14N4O2/c1-16(2)10(17)8-13-12-14-11(18-15-12)9-6-4-3-5-7-9/h3-7H,8H2,1-2H3,(H,13,15). The van der Waals surface area contributed by atoms with Gasteiger partial charge in [0.15, 0.2) is 0 Å². The van der Waals surface area contributed by atoms with Crippen molar-refractivity contribution in [2.75, 3.05) is 26.0 Å². The van der Waals surface area contributed by atoms with Crippen LogP contribution >= 0.6 is 0 Å². The molecule has 0 aliphatic rings. The van der Waals surface area contributed by atoms with Crippen LogP contribution in [0.2, 0.25) is 0 Å². The van der Waals surface area contributed by atoms with Gasteiger partial charge in [-0.2, -0.15) is 4.98 Å². The Morgan fingerprint density at radius 2 is 2.06 bits per heavy atom. The molecule has 0 unspecified atom stereocenters. The third-order valence-electron chi connectivity index (χ3n) is 2.34. The Hall–Kier alpha value is -2.37. The fraction of sp³-hybridized carbons (Fsp3) is 0.250. The van der Waals surface area contributed by atoms with Crippen molar-refractivity contribution in [3.8, 4) is 11.5 Å². The Morgan fingerprint density at radius 3 is 2.72 bits per heavy atom. The second kappa shape index (κ2) is 5.31. The minimum Gasteiger partial charge on any atom is -0.347 e. The van der Waals surface area contributed by atoms with E-state index in [4.69, 9.17) is 4.52 Å². The van der Waals surface area contributed by atoms with Crippen molar-refractivity contribution in [1.29, 1.82) is 0 Å². The lowest BCUT2D eigenvalue weighted by Gasteiger charge is -2.09. The summed E-state index contributed by atoms with van der Waals surface area (Å²) < 4.78 is 5.09. The molecule has 0 spiro atoms. The average molecular weight is 246 g/mol. The minimum absolute atomic E-state index is 0.0546. The highest BCUT2D eigenvalue weighted by Crippen LogP contribution is 2.17. The normalized spacial score (nSPS) is 10.1. The van der Waals surface area contributed by atoms with Gasteiger partial charge in [0.1, 0.15) is 0 Å². The van der Waals surface area contributed by atoms with Gasteiger partial charge in [-0.3, -0.25) is 4.79 Å². The van der Waals surface area contributed by atoms with Crippen LogP contribution in [0.25, 0.3) is 11.5 Å². The number of carbonyl (C=O) groups excluding carboxylic acids is 1. The molecule has 1 N–H and O–H groups in total. The molecule has 0 atom stereocenters. The Bertz CT molecular complexity index is 522. The van der Waals surface area contributed by atoms with Gasteiger partial charge < -0.3 is 14.7 Å². The number of rotatable bonds is 4. The van der Waals surface area contributed by atoms with E-state index < -0.39 is 0 Å². The molecule has 2 rings (SSSR count). The molecule has 0 saturated carbocycles. The highest BCUT2D eigenvalue weighted by Gasteiger charge is 2.09. The van der Waals surface area contributed by atoms with Gasteiger partial charge >= 0.3 is 0 Å². The summed E-state index contributed by atoms with van der Waals surface area (Å²) in [5.74, 6) is 0.681. The van der Waals surface area contributed by atoms with Gasteiger partial charge in [0, 0.05) is 19.7 Å². The molecule has 0 fully saturated rings. The van der Waals surface area contributed by atoms with E-state index in [0.717, 1.165) is 5.56 Å². The van der Waals surface area contributed by atoms with E-state index in [1.807, 2.05) is 30.3 Å². The summed E-state index contributed by atoms with van der Waals surface area (Å²) in [4.78, 5) is 17.0. The van der Waals surface area contributed by atoms with Crippen molar-refractivity contribution < 1.29 is 9.32 Å². The van der Waals surface area contributed by atoms with Crippen LogP contribution in [0.4, 0.5) is 5.95 Å². The number of hydrogen-bond donors (Lipinski definition) is 1. The van der Waals surface area contributed by atoms with E-state index in [1.165, 1.54) is 4.90 Å². The van der Waals surface area contributed by atoms with Crippen molar-refractivity contribution in [2.45, 2.75) is 0 Å². The van der Waals surface area contributed by atoms with Crippen molar-refractivity contribution in [1.82, 2.24) is 15.0 Å². The first kappa shape index (κ1) is 12.1. The minimum atomic E-state index is -0.0546. The van der Waals surface area contributed by atoms with Crippen LogP contribution in [0.3, 0.4) is 0 Å². The maximum atomic E-state index is 11.4. The first-order chi connectivity index (χ1) is 8.66. The number of nitrogens with one attached hydrogen (secondary N) is 1. The van der Waals surface area contributed by atoms with Crippen LogP contribution in [0.15, 0.2) is 34.9 Å². The van der Waals surface area contributed by atoms with Crippen LogP contribution < -0.4 is 5.32 Å². The first-order valence-corrected chi connectivity index (χ1v) is 5.50. The number of hydrogen-bond acceptors (Lipinski definition) is 5. The molecular formula is C12H14N4O2. The highest BCUT2D eigenvalue weighted by atomic mass is 16.5. The van der Waals surface area contributed by atoms with E-state index in [9.17, 15) is 4.79 Å². The number of anilines is 1. The van der Waals surface area contributed by atoms with E-state index >= 15 is 0 Å². The summed E-state index contributed by atoms with van der Waals surface area (Å²) in [5.41, 5.74) is 0.844. The van der Waals surface area contributed by atoms with Gasteiger partial charge in [-0.15, -0.1) is 0 Å². The Morgan fingerprint density at radius 1 is 1.33 bits per heavy atom. The monoisotopic (exact) mass is 246 g/mol. The second-order valence-corrected chi connectivity index (χ2v) is 3.93. The maximum Gasteiger partial charge on any atom is 0.264 e. The summed E-state index contributed by atoms with van der Waals surface area (Å²) >= 11 is 0.